The van der Waals surface area contributed by atoms with Gasteiger partial charge < -0.3 is 15.7 Å². The molecule has 0 saturated heterocycles. The lowest BCUT2D eigenvalue weighted by Gasteiger charge is -2.07. The summed E-state index contributed by atoms with van der Waals surface area (Å²) in [5, 5.41) is 13.1. The number of carbonyl (C=O) groups is 2. The second-order valence-electron chi connectivity index (χ2n) is 3.56. The molecule has 5 nitrogen and oxygen atoms in total. The standard InChI is InChI=1S/C12H13FN2O3/c1-8(11(16)17)15-12(18)14-7-6-9-2-4-10(13)5-3-9/h2-8H,1H3,(H,16,17)(H2,14,15,18)/b7-6+. The van der Waals surface area contributed by atoms with Crippen LogP contribution in [-0.4, -0.2) is 23.1 Å². The van der Waals surface area contributed by atoms with Crippen LogP contribution in [0.4, 0.5) is 9.18 Å². The molecule has 0 spiro atoms. The quantitative estimate of drug-likeness (QED) is 0.761. The van der Waals surface area contributed by atoms with Crippen LogP contribution >= 0.6 is 0 Å². The lowest BCUT2D eigenvalue weighted by molar-refractivity contribution is -0.138. The highest BCUT2D eigenvalue weighted by molar-refractivity contribution is 5.82. The minimum absolute atomic E-state index is 0.340. The monoisotopic (exact) mass is 252 g/mol. The predicted molar refractivity (Wildman–Crippen MR) is 64.2 cm³/mol. The Morgan fingerprint density at radius 3 is 2.50 bits per heavy atom. The summed E-state index contributed by atoms with van der Waals surface area (Å²) >= 11 is 0. The predicted octanol–water partition coefficient (Wildman–Crippen LogP) is 1.57. The molecule has 1 rings (SSSR count). The first-order valence-electron chi connectivity index (χ1n) is 5.21. The van der Waals surface area contributed by atoms with Crippen molar-refractivity contribution in [3.63, 3.8) is 0 Å². The Morgan fingerprint density at radius 2 is 1.94 bits per heavy atom. The average molecular weight is 252 g/mol. The summed E-state index contributed by atoms with van der Waals surface area (Å²) in [6.45, 7) is 1.35. The third-order valence-corrected chi connectivity index (χ3v) is 2.08. The molecule has 1 atom stereocenters. The van der Waals surface area contributed by atoms with Crippen molar-refractivity contribution < 1.29 is 19.1 Å². The minimum Gasteiger partial charge on any atom is -0.480 e. The number of carboxylic acid groups (broad SMARTS) is 1. The molecule has 0 fully saturated rings. The van der Waals surface area contributed by atoms with E-state index in [0.29, 0.717) is 5.56 Å². The van der Waals surface area contributed by atoms with Gasteiger partial charge in [0.25, 0.3) is 0 Å². The van der Waals surface area contributed by atoms with Crippen LogP contribution < -0.4 is 10.6 Å². The van der Waals surface area contributed by atoms with Gasteiger partial charge in [-0.3, -0.25) is 4.79 Å². The first kappa shape index (κ1) is 13.7. The van der Waals surface area contributed by atoms with Gasteiger partial charge in [-0.25, -0.2) is 9.18 Å². The average Bonchev–Trinajstić information content (AvgIpc) is 2.31. The van der Waals surface area contributed by atoms with Gasteiger partial charge >= 0.3 is 12.0 Å². The maximum Gasteiger partial charge on any atom is 0.325 e. The van der Waals surface area contributed by atoms with Crippen molar-refractivity contribution in [2.45, 2.75) is 13.0 Å². The van der Waals surface area contributed by atoms with Gasteiger partial charge in [-0.1, -0.05) is 12.1 Å². The number of carbonyl (C=O) groups excluding carboxylic acids is 1. The number of nitrogens with one attached hydrogen (secondary N) is 2. The fourth-order valence-electron chi connectivity index (χ4n) is 1.09. The lowest BCUT2D eigenvalue weighted by atomic mass is 10.2. The zero-order valence-corrected chi connectivity index (χ0v) is 9.68. The summed E-state index contributed by atoms with van der Waals surface area (Å²) in [6, 6.07) is 4.10. The molecule has 0 aliphatic rings. The van der Waals surface area contributed by atoms with Crippen molar-refractivity contribution in [2.24, 2.45) is 0 Å². The van der Waals surface area contributed by atoms with Crippen molar-refractivity contribution in [2.75, 3.05) is 0 Å². The molecule has 96 valence electrons. The van der Waals surface area contributed by atoms with E-state index in [1.54, 1.807) is 18.2 Å². The van der Waals surface area contributed by atoms with Crippen molar-refractivity contribution in [1.29, 1.82) is 0 Å². The van der Waals surface area contributed by atoms with Gasteiger partial charge in [-0.15, -0.1) is 0 Å². The summed E-state index contributed by atoms with van der Waals surface area (Å²) < 4.78 is 12.6. The van der Waals surface area contributed by atoms with Crippen LogP contribution in [0.1, 0.15) is 12.5 Å². The number of hydrogen-bond donors (Lipinski definition) is 3. The van der Waals surface area contributed by atoms with Gasteiger partial charge in [-0.05, 0) is 30.7 Å². The molecule has 0 radical (unpaired) electrons. The fraction of sp³-hybridized carbons (Fsp3) is 0.167. The number of benzene rings is 1. The van der Waals surface area contributed by atoms with Crippen molar-refractivity contribution >= 4 is 18.1 Å². The van der Waals surface area contributed by atoms with Crippen LogP contribution in [0.15, 0.2) is 30.5 Å². The summed E-state index contributed by atoms with van der Waals surface area (Å²) in [7, 11) is 0. The van der Waals surface area contributed by atoms with Gasteiger partial charge in [0.2, 0.25) is 0 Å². The number of amides is 2. The highest BCUT2D eigenvalue weighted by Gasteiger charge is 2.12. The Kier molecular flexibility index (Phi) is 4.86. The lowest BCUT2D eigenvalue weighted by Crippen LogP contribution is -2.42. The zero-order valence-electron chi connectivity index (χ0n) is 9.68. The van der Waals surface area contributed by atoms with E-state index in [9.17, 15) is 14.0 Å². The summed E-state index contributed by atoms with van der Waals surface area (Å²) in [6.07, 6.45) is 2.90. The van der Waals surface area contributed by atoms with Gasteiger partial charge in [0.15, 0.2) is 0 Å². The van der Waals surface area contributed by atoms with Gasteiger partial charge in [-0.2, -0.15) is 0 Å². The maximum absolute atomic E-state index is 12.6. The van der Waals surface area contributed by atoms with Crippen molar-refractivity contribution in [3.05, 3.63) is 41.8 Å². The van der Waals surface area contributed by atoms with Crippen LogP contribution in [0.25, 0.3) is 6.08 Å². The topological polar surface area (TPSA) is 78.4 Å². The van der Waals surface area contributed by atoms with Crippen LogP contribution in [0.3, 0.4) is 0 Å². The minimum atomic E-state index is -1.12. The van der Waals surface area contributed by atoms with E-state index < -0.39 is 18.0 Å². The van der Waals surface area contributed by atoms with Gasteiger partial charge in [0.05, 0.1) is 0 Å². The molecule has 1 aromatic rings. The molecule has 6 heteroatoms. The Balaban J connectivity index is 2.43. The van der Waals surface area contributed by atoms with Crippen molar-refractivity contribution in [3.8, 4) is 0 Å². The summed E-state index contributed by atoms with van der Waals surface area (Å²) in [5.41, 5.74) is 0.711. The number of rotatable bonds is 4. The number of carboxylic acids is 1. The van der Waals surface area contributed by atoms with Crippen LogP contribution in [0, 0.1) is 5.82 Å². The Morgan fingerprint density at radius 1 is 1.33 bits per heavy atom. The smallest absolute Gasteiger partial charge is 0.325 e. The highest BCUT2D eigenvalue weighted by Crippen LogP contribution is 2.03. The number of hydrogen-bond acceptors (Lipinski definition) is 2. The Hall–Kier alpha value is -2.37. The van der Waals surface area contributed by atoms with E-state index in [2.05, 4.69) is 10.6 Å². The molecule has 3 N–H and O–H groups in total. The third kappa shape index (κ3) is 4.65. The van der Waals surface area contributed by atoms with Crippen LogP contribution in [0.5, 0.6) is 0 Å². The fourth-order valence-corrected chi connectivity index (χ4v) is 1.09. The second kappa shape index (κ2) is 6.39. The SMILES string of the molecule is CC(NC(=O)N/C=C/c1ccc(F)cc1)C(=O)O. The van der Waals surface area contributed by atoms with E-state index in [1.165, 1.54) is 25.3 Å². The van der Waals surface area contributed by atoms with Gasteiger partial charge in [0.1, 0.15) is 11.9 Å². The molecule has 18 heavy (non-hydrogen) atoms. The molecule has 0 heterocycles. The van der Waals surface area contributed by atoms with Crippen LogP contribution in [0.2, 0.25) is 0 Å². The number of urea groups is 1. The molecule has 0 aliphatic carbocycles. The van der Waals surface area contributed by atoms with Crippen molar-refractivity contribution in [1.82, 2.24) is 10.6 Å². The largest absolute Gasteiger partial charge is 0.480 e. The molecule has 0 bridgehead atoms. The zero-order chi connectivity index (χ0) is 13.5. The summed E-state index contributed by atoms with van der Waals surface area (Å²) in [5.74, 6) is -1.46. The van der Waals surface area contributed by atoms with E-state index in [4.69, 9.17) is 5.11 Å². The normalized spacial score (nSPS) is 12.1. The van der Waals surface area contributed by atoms with Crippen LogP contribution in [-0.2, 0) is 4.79 Å². The molecule has 1 unspecified atom stereocenters. The maximum atomic E-state index is 12.6. The van der Waals surface area contributed by atoms with Gasteiger partial charge in [0, 0.05) is 6.20 Å². The first-order valence-corrected chi connectivity index (χ1v) is 5.21. The third-order valence-electron chi connectivity index (χ3n) is 2.08. The Bertz CT molecular complexity index is 457. The van der Waals surface area contributed by atoms with E-state index in [1.807, 2.05) is 0 Å². The molecule has 1 aromatic carbocycles. The molecule has 0 aliphatic heterocycles. The van der Waals surface area contributed by atoms with E-state index >= 15 is 0 Å². The molecule has 0 aromatic heterocycles. The molecule has 0 saturated carbocycles. The second-order valence-corrected chi connectivity index (χ2v) is 3.56. The summed E-state index contributed by atoms with van der Waals surface area (Å²) in [4.78, 5) is 21.7. The number of halogens is 1. The highest BCUT2D eigenvalue weighted by atomic mass is 19.1. The number of aliphatic carboxylic acids is 1. The van der Waals surface area contributed by atoms with E-state index in [0.717, 1.165) is 0 Å². The molecular weight excluding hydrogens is 239 g/mol. The van der Waals surface area contributed by atoms with E-state index in [-0.39, 0.29) is 5.82 Å². The molecular formula is C12H13FN2O3. The first-order chi connectivity index (χ1) is 8.49. The Labute approximate surface area is 103 Å². The molecule has 2 amide bonds.